The van der Waals surface area contributed by atoms with Crippen LogP contribution in [0, 0.1) is 0 Å². The Morgan fingerprint density at radius 1 is 1.60 bits per heavy atom. The highest BCUT2D eigenvalue weighted by Crippen LogP contribution is 1.91. The minimum atomic E-state index is -2.72. The molecule has 0 aromatic carbocycles. The maximum Gasteiger partial charge on any atom is 0.503 e. The molecule has 0 saturated carbocycles. The molecule has 60 valence electrons. The Labute approximate surface area is 55.3 Å². The van der Waals surface area contributed by atoms with Gasteiger partial charge in [0.15, 0.2) is 0 Å². The summed E-state index contributed by atoms with van der Waals surface area (Å²) in [6.07, 6.45) is -1.13. The highest BCUT2D eigenvalue weighted by Gasteiger charge is 1.92. The molecule has 0 aliphatic heterocycles. The monoisotopic (exact) mass is 156 g/mol. The molecule has 2 N–H and O–H groups in total. The maximum atomic E-state index is 10.7. The Hall–Kier alpha value is -1.33. The molecule has 0 aliphatic carbocycles. The number of alkyl halides is 2. The molecule has 6 heteroatoms. The zero-order valence-electron chi connectivity index (χ0n) is 4.83. The van der Waals surface area contributed by atoms with E-state index in [0.717, 1.165) is 0 Å². The summed E-state index contributed by atoms with van der Waals surface area (Å²) in [5.41, 5.74) is 0. The van der Waals surface area contributed by atoms with Crippen LogP contribution in [0.3, 0.4) is 0 Å². The van der Waals surface area contributed by atoms with E-state index in [2.05, 4.69) is 11.3 Å². The van der Waals surface area contributed by atoms with Crippen molar-refractivity contribution >= 4 is 6.16 Å². The molecule has 0 aromatic rings. The molecule has 0 aromatic heterocycles. The molecular weight excluding hydrogens is 150 g/mol. The van der Waals surface area contributed by atoms with Gasteiger partial charge in [0.2, 0.25) is 0 Å². The summed E-state index contributed by atoms with van der Waals surface area (Å²) < 4.78 is 25.0. The molecule has 0 aliphatic rings. The number of hydrogen-bond acceptors (Lipinski definition) is 2. The Balaban J connectivity index is 0. The van der Waals surface area contributed by atoms with Gasteiger partial charge in [0.05, 0.1) is 6.26 Å². The van der Waals surface area contributed by atoms with Gasteiger partial charge >= 0.3 is 12.8 Å². The van der Waals surface area contributed by atoms with Gasteiger partial charge < -0.3 is 14.9 Å². The van der Waals surface area contributed by atoms with Crippen LogP contribution in [0.25, 0.3) is 0 Å². The standard InChI is InChI=1S/C3H4F2O.CH2O3/c1-2-6-3(4)5;2-1(3)4/h2-3H,1H2;(H2,2,3,4). The summed E-state index contributed by atoms with van der Waals surface area (Å²) in [5.74, 6) is 0. The fourth-order valence-electron chi connectivity index (χ4n) is 0.0727. The molecular formula is C4H6F2O4. The molecule has 0 atom stereocenters. The Morgan fingerprint density at radius 3 is 1.90 bits per heavy atom. The predicted molar refractivity (Wildman–Crippen MR) is 27.9 cm³/mol. The van der Waals surface area contributed by atoms with Crippen LogP contribution < -0.4 is 0 Å². The van der Waals surface area contributed by atoms with Crippen LogP contribution in [-0.2, 0) is 4.74 Å². The molecule has 0 unspecified atom stereocenters. The van der Waals surface area contributed by atoms with Crippen molar-refractivity contribution in [3.05, 3.63) is 12.8 Å². The summed E-state index contributed by atoms with van der Waals surface area (Å²) in [7, 11) is 0. The number of hydrogen-bond donors (Lipinski definition) is 2. The summed E-state index contributed by atoms with van der Waals surface area (Å²) in [5, 5.41) is 13.9. The second-order valence-corrected chi connectivity index (χ2v) is 0.846. The van der Waals surface area contributed by atoms with Crippen molar-refractivity contribution in [3.8, 4) is 0 Å². The van der Waals surface area contributed by atoms with Crippen LogP contribution in [0.1, 0.15) is 0 Å². The number of rotatable bonds is 2. The van der Waals surface area contributed by atoms with Gasteiger partial charge in [-0.2, -0.15) is 8.78 Å². The van der Waals surface area contributed by atoms with Gasteiger partial charge in [-0.25, -0.2) is 4.79 Å². The van der Waals surface area contributed by atoms with Crippen molar-refractivity contribution in [1.82, 2.24) is 0 Å². The second-order valence-electron chi connectivity index (χ2n) is 0.846. The van der Waals surface area contributed by atoms with E-state index < -0.39 is 12.8 Å². The molecule has 0 heterocycles. The van der Waals surface area contributed by atoms with Crippen LogP contribution >= 0.6 is 0 Å². The summed E-state index contributed by atoms with van der Waals surface area (Å²) in [6, 6.07) is 0. The summed E-state index contributed by atoms with van der Waals surface area (Å²) >= 11 is 0. The lowest BCUT2D eigenvalue weighted by atomic mass is 11.1. The first kappa shape index (κ1) is 11.5. The minimum Gasteiger partial charge on any atom is -0.450 e. The number of ether oxygens (including phenoxy) is 1. The second kappa shape index (κ2) is 7.67. The third-order valence-electron chi connectivity index (χ3n) is 0.199. The van der Waals surface area contributed by atoms with Crippen molar-refractivity contribution in [2.45, 2.75) is 6.61 Å². The van der Waals surface area contributed by atoms with Crippen molar-refractivity contribution in [2.75, 3.05) is 0 Å². The van der Waals surface area contributed by atoms with E-state index in [-0.39, 0.29) is 0 Å². The molecule has 0 saturated heterocycles. The first-order chi connectivity index (χ1) is 4.50. The summed E-state index contributed by atoms with van der Waals surface area (Å²) in [6.45, 7) is 0.179. The largest absolute Gasteiger partial charge is 0.503 e. The number of carboxylic acid groups (broad SMARTS) is 2. The zero-order chi connectivity index (χ0) is 8.57. The molecule has 10 heavy (non-hydrogen) atoms. The van der Waals surface area contributed by atoms with E-state index in [4.69, 9.17) is 15.0 Å². The number of halogens is 2. The molecule has 0 amide bonds. The van der Waals surface area contributed by atoms with Gasteiger partial charge in [-0.1, -0.05) is 6.58 Å². The Kier molecular flexibility index (Phi) is 8.79. The maximum absolute atomic E-state index is 10.7. The van der Waals surface area contributed by atoms with E-state index in [9.17, 15) is 8.78 Å². The fraction of sp³-hybridized carbons (Fsp3) is 0.250. The van der Waals surface area contributed by atoms with Crippen molar-refractivity contribution in [3.63, 3.8) is 0 Å². The molecule has 0 radical (unpaired) electrons. The number of carbonyl (C=O) groups is 1. The molecule has 0 spiro atoms. The van der Waals surface area contributed by atoms with Crippen molar-refractivity contribution in [2.24, 2.45) is 0 Å². The SMILES string of the molecule is C=COC(F)F.O=C(O)O. The fourth-order valence-corrected chi connectivity index (χ4v) is 0.0727. The lowest BCUT2D eigenvalue weighted by molar-refractivity contribution is -0.0825. The molecule has 0 fully saturated rings. The molecule has 4 nitrogen and oxygen atoms in total. The predicted octanol–water partition coefficient (Wildman–Crippen LogP) is 1.59. The van der Waals surface area contributed by atoms with Gasteiger partial charge in [0.1, 0.15) is 0 Å². The van der Waals surface area contributed by atoms with E-state index in [0.29, 0.717) is 6.26 Å². The minimum absolute atomic E-state index is 0.699. The first-order valence-electron chi connectivity index (χ1n) is 1.97. The Bertz CT molecular complexity index is 99.4. The van der Waals surface area contributed by atoms with E-state index >= 15 is 0 Å². The first-order valence-corrected chi connectivity index (χ1v) is 1.97. The van der Waals surface area contributed by atoms with E-state index in [1.807, 2.05) is 0 Å². The van der Waals surface area contributed by atoms with Gasteiger partial charge in [0, 0.05) is 0 Å². The summed E-state index contributed by atoms with van der Waals surface area (Å²) in [4.78, 5) is 8.56. The average molecular weight is 156 g/mol. The normalized spacial score (nSPS) is 7.50. The highest BCUT2D eigenvalue weighted by atomic mass is 19.3. The Morgan fingerprint density at radius 2 is 1.90 bits per heavy atom. The third kappa shape index (κ3) is 76.9. The zero-order valence-corrected chi connectivity index (χ0v) is 4.83. The van der Waals surface area contributed by atoms with Crippen LogP contribution in [0.5, 0.6) is 0 Å². The van der Waals surface area contributed by atoms with Crippen LogP contribution in [-0.4, -0.2) is 23.0 Å². The van der Waals surface area contributed by atoms with E-state index in [1.165, 1.54) is 0 Å². The lowest BCUT2D eigenvalue weighted by Crippen LogP contribution is -1.88. The van der Waals surface area contributed by atoms with Crippen molar-refractivity contribution < 1.29 is 28.5 Å². The third-order valence-corrected chi connectivity index (χ3v) is 0.199. The highest BCUT2D eigenvalue weighted by molar-refractivity contribution is 5.53. The average Bonchev–Trinajstić information content (AvgIpc) is 1.62. The van der Waals surface area contributed by atoms with Gasteiger partial charge in [-0.05, 0) is 0 Å². The van der Waals surface area contributed by atoms with Gasteiger partial charge in [0.25, 0.3) is 0 Å². The van der Waals surface area contributed by atoms with Crippen LogP contribution in [0.4, 0.5) is 13.6 Å². The lowest BCUT2D eigenvalue weighted by Gasteiger charge is -1.90. The van der Waals surface area contributed by atoms with Crippen LogP contribution in [0.2, 0.25) is 0 Å². The molecule has 0 rings (SSSR count). The van der Waals surface area contributed by atoms with Gasteiger partial charge in [-0.3, -0.25) is 0 Å². The van der Waals surface area contributed by atoms with Crippen LogP contribution in [0.15, 0.2) is 12.8 Å². The van der Waals surface area contributed by atoms with Crippen molar-refractivity contribution in [1.29, 1.82) is 0 Å². The van der Waals surface area contributed by atoms with Gasteiger partial charge in [-0.15, -0.1) is 0 Å². The topological polar surface area (TPSA) is 66.8 Å². The quantitative estimate of drug-likeness (QED) is 0.595. The van der Waals surface area contributed by atoms with E-state index in [1.54, 1.807) is 0 Å². The molecule has 0 bridgehead atoms. The smallest absolute Gasteiger partial charge is 0.450 e.